The number of amides is 2. The van der Waals surface area contributed by atoms with Crippen molar-refractivity contribution in [1.82, 2.24) is 15.1 Å². The molecule has 2 amide bonds. The maximum Gasteiger partial charge on any atom is 0.335 e. The molecule has 3 heterocycles. The van der Waals surface area contributed by atoms with Crippen LogP contribution in [-0.2, 0) is 22.7 Å². The predicted molar refractivity (Wildman–Crippen MR) is 149 cm³/mol. The van der Waals surface area contributed by atoms with Crippen LogP contribution in [-0.4, -0.2) is 65.4 Å². The summed E-state index contributed by atoms with van der Waals surface area (Å²) >= 11 is 0. The molecular formula is C30H29N5O4. The third-order valence-electron chi connectivity index (χ3n) is 7.44. The number of nitrogens with one attached hydrogen (secondary N) is 3. The Bertz CT molecular complexity index is 1490. The second kappa shape index (κ2) is 10.4. The first-order valence-electron chi connectivity index (χ1n) is 13.0. The molecule has 0 bridgehead atoms. The number of carboxylic acids is 1. The quantitative estimate of drug-likeness (QED) is 0.367. The first kappa shape index (κ1) is 24.8. The van der Waals surface area contributed by atoms with Crippen molar-refractivity contribution in [2.45, 2.75) is 13.1 Å². The van der Waals surface area contributed by atoms with Gasteiger partial charge in [0.1, 0.15) is 0 Å². The number of rotatable bonds is 6. The zero-order valence-corrected chi connectivity index (χ0v) is 21.4. The molecule has 39 heavy (non-hydrogen) atoms. The van der Waals surface area contributed by atoms with Crippen LogP contribution in [0, 0.1) is 0 Å². The van der Waals surface area contributed by atoms with E-state index in [1.54, 1.807) is 6.07 Å². The van der Waals surface area contributed by atoms with Crippen LogP contribution in [0.2, 0.25) is 0 Å². The summed E-state index contributed by atoms with van der Waals surface area (Å²) in [5.41, 5.74) is 6.12. The first-order chi connectivity index (χ1) is 19.0. The fourth-order valence-electron chi connectivity index (χ4n) is 5.39. The van der Waals surface area contributed by atoms with Gasteiger partial charge in [-0.3, -0.25) is 14.5 Å². The van der Waals surface area contributed by atoms with E-state index in [4.69, 9.17) is 0 Å². The summed E-state index contributed by atoms with van der Waals surface area (Å²) in [5, 5.41) is 19.0. The van der Waals surface area contributed by atoms with E-state index in [-0.39, 0.29) is 17.4 Å². The third-order valence-corrected chi connectivity index (χ3v) is 7.44. The first-order valence-corrected chi connectivity index (χ1v) is 13.0. The third kappa shape index (κ3) is 5.01. The number of carboxylic acid groups (broad SMARTS) is 1. The Morgan fingerprint density at radius 2 is 1.67 bits per heavy atom. The Hall–Kier alpha value is -4.47. The van der Waals surface area contributed by atoms with Crippen molar-refractivity contribution in [3.8, 4) is 0 Å². The maximum absolute atomic E-state index is 13.2. The van der Waals surface area contributed by atoms with E-state index in [1.165, 1.54) is 12.1 Å². The summed E-state index contributed by atoms with van der Waals surface area (Å²) in [6.07, 6.45) is 0. The van der Waals surface area contributed by atoms with Crippen LogP contribution >= 0.6 is 0 Å². The highest BCUT2D eigenvalue weighted by atomic mass is 16.4. The van der Waals surface area contributed by atoms with E-state index in [2.05, 4.69) is 20.9 Å². The molecule has 0 atom stereocenters. The number of benzene rings is 3. The van der Waals surface area contributed by atoms with Crippen LogP contribution in [0.25, 0.3) is 11.3 Å². The fourth-order valence-corrected chi connectivity index (χ4v) is 5.39. The molecule has 0 aliphatic carbocycles. The SMILES string of the molecule is O=C1Nc2cc(C(=O)O)ccc2/C1=C(/Nc1ccc2c(c1)CN(C(=O)CN1CCNCC1)C2)c1ccccc1. The lowest BCUT2D eigenvalue weighted by molar-refractivity contribution is -0.133. The highest BCUT2D eigenvalue weighted by Crippen LogP contribution is 2.38. The summed E-state index contributed by atoms with van der Waals surface area (Å²) in [4.78, 5) is 41.7. The molecule has 0 aromatic heterocycles. The van der Waals surface area contributed by atoms with Crippen LogP contribution in [0.3, 0.4) is 0 Å². The van der Waals surface area contributed by atoms with Crippen molar-refractivity contribution < 1.29 is 19.5 Å². The molecule has 6 rings (SSSR count). The minimum absolute atomic E-state index is 0.110. The van der Waals surface area contributed by atoms with Crippen LogP contribution < -0.4 is 16.0 Å². The van der Waals surface area contributed by atoms with E-state index in [0.717, 1.165) is 48.6 Å². The van der Waals surface area contributed by atoms with Gasteiger partial charge in [0, 0.05) is 50.5 Å². The van der Waals surface area contributed by atoms with Gasteiger partial charge in [-0.25, -0.2) is 4.79 Å². The topological polar surface area (TPSA) is 114 Å². The number of nitrogens with zero attached hydrogens (tertiary/aromatic N) is 2. The Labute approximate surface area is 226 Å². The zero-order chi connectivity index (χ0) is 26.9. The van der Waals surface area contributed by atoms with Gasteiger partial charge in [-0.2, -0.15) is 0 Å². The van der Waals surface area contributed by atoms with Gasteiger partial charge in [-0.05, 0) is 41.0 Å². The van der Waals surface area contributed by atoms with Crippen LogP contribution in [0.4, 0.5) is 11.4 Å². The van der Waals surface area contributed by atoms with Gasteiger partial charge in [-0.1, -0.05) is 42.5 Å². The number of piperazine rings is 1. The molecule has 1 saturated heterocycles. The molecule has 198 valence electrons. The minimum atomic E-state index is -1.05. The molecule has 0 radical (unpaired) electrons. The van der Waals surface area contributed by atoms with Crippen molar-refractivity contribution in [2.24, 2.45) is 0 Å². The molecule has 9 heteroatoms. The molecule has 0 saturated carbocycles. The number of hydrogen-bond donors (Lipinski definition) is 4. The van der Waals surface area contributed by atoms with Gasteiger partial charge in [0.05, 0.1) is 29.1 Å². The highest BCUT2D eigenvalue weighted by molar-refractivity contribution is 6.37. The summed E-state index contributed by atoms with van der Waals surface area (Å²) in [5.74, 6) is -1.22. The van der Waals surface area contributed by atoms with E-state index in [0.29, 0.717) is 42.2 Å². The largest absolute Gasteiger partial charge is 0.478 e. The monoisotopic (exact) mass is 523 g/mol. The fraction of sp³-hybridized carbons (Fsp3) is 0.233. The summed E-state index contributed by atoms with van der Waals surface area (Å²) in [7, 11) is 0. The summed E-state index contributed by atoms with van der Waals surface area (Å²) < 4.78 is 0. The van der Waals surface area contributed by atoms with E-state index < -0.39 is 5.97 Å². The highest BCUT2D eigenvalue weighted by Gasteiger charge is 2.30. The van der Waals surface area contributed by atoms with Crippen LogP contribution in [0.15, 0.2) is 66.7 Å². The average Bonchev–Trinajstić information content (AvgIpc) is 3.52. The average molecular weight is 524 g/mol. The lowest BCUT2D eigenvalue weighted by Crippen LogP contribution is -2.47. The maximum atomic E-state index is 13.2. The Kier molecular flexibility index (Phi) is 6.60. The second-order valence-electron chi connectivity index (χ2n) is 10.0. The van der Waals surface area contributed by atoms with Crippen molar-refractivity contribution in [3.63, 3.8) is 0 Å². The van der Waals surface area contributed by atoms with Gasteiger partial charge < -0.3 is 26.0 Å². The van der Waals surface area contributed by atoms with Crippen LogP contribution in [0.1, 0.15) is 32.6 Å². The Morgan fingerprint density at radius 1 is 0.897 bits per heavy atom. The number of carbonyl (C=O) groups is 3. The van der Waals surface area contributed by atoms with E-state index in [1.807, 2.05) is 53.4 Å². The van der Waals surface area contributed by atoms with Crippen molar-refractivity contribution in [2.75, 3.05) is 43.4 Å². The van der Waals surface area contributed by atoms with E-state index >= 15 is 0 Å². The molecule has 4 N–H and O–H groups in total. The number of hydrogen-bond acceptors (Lipinski definition) is 6. The molecule has 3 aromatic carbocycles. The van der Waals surface area contributed by atoms with Gasteiger partial charge in [0.2, 0.25) is 5.91 Å². The Morgan fingerprint density at radius 3 is 2.44 bits per heavy atom. The molecule has 9 nitrogen and oxygen atoms in total. The van der Waals surface area contributed by atoms with Crippen LogP contribution in [0.5, 0.6) is 0 Å². The summed E-state index contributed by atoms with van der Waals surface area (Å²) in [6, 6.07) is 20.3. The second-order valence-corrected chi connectivity index (χ2v) is 10.0. The Balaban J connectivity index is 1.29. The predicted octanol–water partition coefficient (Wildman–Crippen LogP) is 3.06. The normalized spacial score (nSPS) is 17.8. The molecule has 0 spiro atoms. The van der Waals surface area contributed by atoms with Gasteiger partial charge in [0.25, 0.3) is 5.91 Å². The summed E-state index contributed by atoms with van der Waals surface area (Å²) in [6.45, 7) is 5.15. The number of carbonyl (C=O) groups excluding carboxylic acids is 2. The molecule has 1 fully saturated rings. The number of fused-ring (bicyclic) bond motifs is 2. The zero-order valence-electron chi connectivity index (χ0n) is 21.4. The number of anilines is 2. The molecular weight excluding hydrogens is 494 g/mol. The van der Waals surface area contributed by atoms with Gasteiger partial charge in [-0.15, -0.1) is 0 Å². The standard InChI is InChI=1S/C30H29N5O4/c36-26(18-34-12-10-31-11-13-34)35-16-21-6-8-23(14-22(21)17-35)32-28(19-4-2-1-3-5-19)27-24-9-7-20(30(38)39)15-25(24)33-29(27)37/h1-9,14-15,31-32H,10-13,16-18H2,(H,33,37)(H,38,39)/b28-27-. The lowest BCUT2D eigenvalue weighted by atomic mass is 9.98. The van der Waals surface area contributed by atoms with Crippen molar-refractivity contribution in [3.05, 3.63) is 94.5 Å². The van der Waals surface area contributed by atoms with Crippen molar-refractivity contribution in [1.29, 1.82) is 0 Å². The molecule has 3 aromatic rings. The minimum Gasteiger partial charge on any atom is -0.478 e. The smallest absolute Gasteiger partial charge is 0.335 e. The lowest BCUT2D eigenvalue weighted by Gasteiger charge is -2.28. The molecule has 3 aliphatic heterocycles. The molecule has 0 unspecified atom stereocenters. The van der Waals surface area contributed by atoms with Crippen molar-refractivity contribution >= 4 is 40.4 Å². The number of aromatic carboxylic acids is 1. The molecule has 3 aliphatic rings. The van der Waals surface area contributed by atoms with Gasteiger partial charge in [0.15, 0.2) is 0 Å². The van der Waals surface area contributed by atoms with Gasteiger partial charge >= 0.3 is 5.97 Å². The van der Waals surface area contributed by atoms with E-state index in [9.17, 15) is 19.5 Å².